The van der Waals surface area contributed by atoms with Crippen molar-refractivity contribution in [1.29, 1.82) is 0 Å². The number of hydrogen-bond acceptors (Lipinski definition) is 3. The third kappa shape index (κ3) is 4.57. The molecular weight excluding hydrogens is 304 g/mol. The number of nitrogens with zero attached hydrogens (tertiary/aromatic N) is 1. The SMILES string of the molecule is CCN(Cc1ccccc1)C(=O)C(C)(C)C(=O)NCC1CCCO1. The van der Waals surface area contributed by atoms with Gasteiger partial charge < -0.3 is 15.0 Å². The van der Waals surface area contributed by atoms with E-state index in [2.05, 4.69) is 5.32 Å². The zero-order valence-electron chi connectivity index (χ0n) is 14.9. The quantitative estimate of drug-likeness (QED) is 0.780. The van der Waals surface area contributed by atoms with E-state index in [1.807, 2.05) is 37.3 Å². The Kier molecular flexibility index (Phi) is 6.37. The molecule has 2 rings (SSSR count). The topological polar surface area (TPSA) is 58.6 Å². The number of benzene rings is 1. The van der Waals surface area contributed by atoms with Gasteiger partial charge in [-0.1, -0.05) is 30.3 Å². The van der Waals surface area contributed by atoms with E-state index in [-0.39, 0.29) is 17.9 Å². The van der Waals surface area contributed by atoms with Crippen LogP contribution >= 0.6 is 0 Å². The van der Waals surface area contributed by atoms with Crippen molar-refractivity contribution in [1.82, 2.24) is 10.2 Å². The van der Waals surface area contributed by atoms with Gasteiger partial charge in [0.2, 0.25) is 11.8 Å². The lowest BCUT2D eigenvalue weighted by Gasteiger charge is -2.30. The Labute approximate surface area is 144 Å². The summed E-state index contributed by atoms with van der Waals surface area (Å²) in [5, 5.41) is 2.88. The molecule has 1 unspecified atom stereocenters. The molecule has 5 heteroatoms. The summed E-state index contributed by atoms with van der Waals surface area (Å²) >= 11 is 0. The van der Waals surface area contributed by atoms with Gasteiger partial charge in [-0.2, -0.15) is 0 Å². The fourth-order valence-corrected chi connectivity index (χ4v) is 2.86. The summed E-state index contributed by atoms with van der Waals surface area (Å²) in [5.41, 5.74) is -0.0353. The molecule has 1 fully saturated rings. The molecule has 1 N–H and O–H groups in total. The normalized spacial score (nSPS) is 17.5. The van der Waals surface area contributed by atoms with Crippen LogP contribution in [0, 0.1) is 5.41 Å². The van der Waals surface area contributed by atoms with Crippen molar-refractivity contribution < 1.29 is 14.3 Å². The van der Waals surface area contributed by atoms with Crippen LogP contribution in [0.4, 0.5) is 0 Å². The van der Waals surface area contributed by atoms with Gasteiger partial charge in [-0.3, -0.25) is 9.59 Å². The predicted octanol–water partition coefficient (Wildman–Crippen LogP) is 2.36. The molecule has 1 heterocycles. The first-order valence-corrected chi connectivity index (χ1v) is 8.68. The molecule has 1 aliphatic rings. The van der Waals surface area contributed by atoms with Crippen molar-refractivity contribution in [3.63, 3.8) is 0 Å². The summed E-state index contributed by atoms with van der Waals surface area (Å²) in [5.74, 6) is -0.395. The third-order valence-electron chi connectivity index (χ3n) is 4.50. The first-order valence-electron chi connectivity index (χ1n) is 8.68. The second-order valence-electron chi connectivity index (χ2n) is 6.77. The Morgan fingerprint density at radius 2 is 2.00 bits per heavy atom. The average molecular weight is 332 g/mol. The Hall–Kier alpha value is -1.88. The largest absolute Gasteiger partial charge is 0.376 e. The number of carbonyl (C=O) groups excluding carboxylic acids is 2. The highest BCUT2D eigenvalue weighted by atomic mass is 16.5. The standard InChI is InChI=1S/C19H28N2O3/c1-4-21(14-15-9-6-5-7-10-15)18(23)19(2,3)17(22)20-13-16-11-8-12-24-16/h5-7,9-10,16H,4,8,11-14H2,1-3H3,(H,20,22). The highest BCUT2D eigenvalue weighted by Gasteiger charge is 2.39. The number of amides is 2. The molecule has 1 saturated heterocycles. The molecule has 0 bridgehead atoms. The molecule has 24 heavy (non-hydrogen) atoms. The van der Waals surface area contributed by atoms with Crippen molar-refractivity contribution in [2.45, 2.75) is 46.3 Å². The lowest BCUT2D eigenvalue weighted by Crippen LogP contribution is -2.50. The Balaban J connectivity index is 1.96. The smallest absolute Gasteiger partial charge is 0.237 e. The maximum atomic E-state index is 12.9. The van der Waals surface area contributed by atoms with E-state index in [1.54, 1.807) is 18.7 Å². The van der Waals surface area contributed by atoms with Crippen LogP contribution in [0.3, 0.4) is 0 Å². The number of carbonyl (C=O) groups is 2. The van der Waals surface area contributed by atoms with Crippen LogP contribution in [0.2, 0.25) is 0 Å². The maximum Gasteiger partial charge on any atom is 0.237 e. The number of ether oxygens (including phenoxy) is 1. The second-order valence-corrected chi connectivity index (χ2v) is 6.77. The van der Waals surface area contributed by atoms with Crippen molar-refractivity contribution in [3.05, 3.63) is 35.9 Å². The van der Waals surface area contributed by atoms with Gasteiger partial charge in [0.1, 0.15) is 5.41 Å². The van der Waals surface area contributed by atoms with E-state index in [9.17, 15) is 9.59 Å². The molecule has 1 aromatic rings. The minimum absolute atomic E-state index is 0.0754. The molecule has 0 radical (unpaired) electrons. The molecule has 1 aliphatic heterocycles. The monoisotopic (exact) mass is 332 g/mol. The van der Waals surface area contributed by atoms with Crippen LogP contribution in [-0.2, 0) is 20.9 Å². The Morgan fingerprint density at radius 1 is 1.29 bits per heavy atom. The molecule has 2 amide bonds. The molecule has 0 spiro atoms. The van der Waals surface area contributed by atoms with E-state index in [0.717, 1.165) is 25.0 Å². The second kappa shape index (κ2) is 8.29. The minimum Gasteiger partial charge on any atom is -0.376 e. The van der Waals surface area contributed by atoms with Crippen molar-refractivity contribution in [2.24, 2.45) is 5.41 Å². The van der Waals surface area contributed by atoms with Crippen LogP contribution in [0.15, 0.2) is 30.3 Å². The van der Waals surface area contributed by atoms with Crippen molar-refractivity contribution >= 4 is 11.8 Å². The number of hydrogen-bond donors (Lipinski definition) is 1. The third-order valence-corrected chi connectivity index (χ3v) is 4.50. The number of rotatable bonds is 7. The average Bonchev–Trinajstić information content (AvgIpc) is 3.11. The van der Waals surface area contributed by atoms with E-state index in [4.69, 9.17) is 4.74 Å². The summed E-state index contributed by atoms with van der Waals surface area (Å²) < 4.78 is 5.51. The van der Waals surface area contributed by atoms with Gasteiger partial charge in [0, 0.05) is 26.2 Å². The van der Waals surface area contributed by atoms with Crippen LogP contribution in [-0.4, -0.2) is 42.5 Å². The van der Waals surface area contributed by atoms with Gasteiger partial charge in [0.05, 0.1) is 6.10 Å². The van der Waals surface area contributed by atoms with Crippen LogP contribution in [0.5, 0.6) is 0 Å². The van der Waals surface area contributed by atoms with Crippen molar-refractivity contribution in [3.8, 4) is 0 Å². The van der Waals surface area contributed by atoms with Crippen LogP contribution < -0.4 is 5.32 Å². The van der Waals surface area contributed by atoms with Gasteiger partial charge in [0.15, 0.2) is 0 Å². The van der Waals surface area contributed by atoms with E-state index >= 15 is 0 Å². The van der Waals surface area contributed by atoms with Crippen LogP contribution in [0.1, 0.15) is 39.2 Å². The first-order chi connectivity index (χ1) is 11.4. The maximum absolute atomic E-state index is 12.9. The Morgan fingerprint density at radius 3 is 2.58 bits per heavy atom. The molecule has 5 nitrogen and oxygen atoms in total. The molecular formula is C19H28N2O3. The zero-order valence-corrected chi connectivity index (χ0v) is 14.9. The highest BCUT2D eigenvalue weighted by molar-refractivity contribution is 6.04. The molecule has 132 valence electrons. The van der Waals surface area contributed by atoms with Gasteiger partial charge >= 0.3 is 0 Å². The van der Waals surface area contributed by atoms with Crippen LogP contribution in [0.25, 0.3) is 0 Å². The molecule has 1 atom stereocenters. The molecule has 1 aromatic carbocycles. The summed E-state index contributed by atoms with van der Waals surface area (Å²) in [7, 11) is 0. The first kappa shape index (κ1) is 18.5. The van der Waals surface area contributed by atoms with Crippen molar-refractivity contribution in [2.75, 3.05) is 19.7 Å². The Bertz CT molecular complexity index is 551. The summed E-state index contributed by atoms with van der Waals surface area (Å²) in [6.07, 6.45) is 2.07. The van der Waals surface area contributed by atoms with Gasteiger partial charge in [-0.25, -0.2) is 0 Å². The van der Waals surface area contributed by atoms with Gasteiger partial charge in [0.25, 0.3) is 0 Å². The molecule has 0 aromatic heterocycles. The van der Waals surface area contributed by atoms with Gasteiger partial charge in [-0.15, -0.1) is 0 Å². The summed E-state index contributed by atoms with van der Waals surface area (Å²) in [6, 6.07) is 9.82. The minimum atomic E-state index is -1.09. The fourth-order valence-electron chi connectivity index (χ4n) is 2.86. The summed E-state index contributed by atoms with van der Waals surface area (Å²) in [6.45, 7) is 7.61. The van der Waals surface area contributed by atoms with Gasteiger partial charge in [-0.05, 0) is 39.2 Å². The highest BCUT2D eigenvalue weighted by Crippen LogP contribution is 2.21. The lowest BCUT2D eigenvalue weighted by molar-refractivity contribution is -0.149. The van der Waals surface area contributed by atoms with E-state index in [1.165, 1.54) is 0 Å². The fraction of sp³-hybridized carbons (Fsp3) is 0.579. The van der Waals surface area contributed by atoms with E-state index in [0.29, 0.717) is 19.6 Å². The lowest BCUT2D eigenvalue weighted by atomic mass is 9.90. The predicted molar refractivity (Wildman–Crippen MR) is 93.3 cm³/mol. The summed E-state index contributed by atoms with van der Waals surface area (Å²) in [4.78, 5) is 27.1. The molecule has 0 saturated carbocycles. The number of nitrogens with one attached hydrogen (secondary N) is 1. The molecule has 0 aliphatic carbocycles. The van der Waals surface area contributed by atoms with E-state index < -0.39 is 5.41 Å². The zero-order chi connectivity index (χ0) is 17.6.